The van der Waals surface area contributed by atoms with Crippen LogP contribution >= 0.6 is 0 Å². The summed E-state index contributed by atoms with van der Waals surface area (Å²) in [5.41, 5.74) is 4.35. The number of aliphatic hydroxyl groups excluding tert-OH is 1. The topological polar surface area (TPSA) is 100 Å². The van der Waals surface area contributed by atoms with Crippen molar-refractivity contribution >= 4 is 5.97 Å². The molecule has 170 valence electrons. The van der Waals surface area contributed by atoms with Crippen LogP contribution in [0.4, 0.5) is 17.6 Å². The van der Waals surface area contributed by atoms with Gasteiger partial charge in [0.05, 0.1) is 17.5 Å². The number of nitrogens with zero attached hydrogens (tertiary/aromatic N) is 3. The van der Waals surface area contributed by atoms with Crippen molar-refractivity contribution < 1.29 is 32.6 Å². The monoisotopic (exact) mass is 452 g/mol. The van der Waals surface area contributed by atoms with Gasteiger partial charge >= 0.3 is 12.1 Å². The molecule has 0 bridgehead atoms. The van der Waals surface area contributed by atoms with Gasteiger partial charge in [-0.05, 0) is 42.0 Å². The molecule has 1 aliphatic heterocycles. The number of benzene rings is 1. The Kier molecular flexibility index (Phi) is 6.90. The van der Waals surface area contributed by atoms with E-state index in [9.17, 15) is 22.7 Å². The van der Waals surface area contributed by atoms with E-state index in [2.05, 4.69) is 15.4 Å². The lowest BCUT2D eigenvalue weighted by Gasteiger charge is -2.18. The fraction of sp³-hybridized carbons (Fsp3) is 0.286. The van der Waals surface area contributed by atoms with E-state index in [0.717, 1.165) is 28.1 Å². The molecule has 2 aromatic heterocycles. The Morgan fingerprint density at radius 3 is 2.31 bits per heavy atom. The maximum Gasteiger partial charge on any atom is 0.490 e. The number of nitrogens with one attached hydrogen (secondary N) is 1. The lowest BCUT2D eigenvalue weighted by Crippen LogP contribution is -2.21. The van der Waals surface area contributed by atoms with Gasteiger partial charge in [0.2, 0.25) is 0 Å². The van der Waals surface area contributed by atoms with Crippen LogP contribution in [-0.2, 0) is 11.8 Å². The molecule has 0 amide bonds. The molecule has 2 atom stereocenters. The summed E-state index contributed by atoms with van der Waals surface area (Å²) >= 11 is 0. The van der Waals surface area contributed by atoms with Crippen LogP contribution in [0.2, 0.25) is 0 Å². The Bertz CT molecular complexity index is 1080. The van der Waals surface area contributed by atoms with E-state index in [1.54, 1.807) is 16.8 Å². The molecule has 0 aliphatic carbocycles. The molecular formula is C21H20F4N4O3. The second-order valence-electron chi connectivity index (χ2n) is 7.17. The number of β-amino-alcohol motifs (C(OH)–C–C–N with tert-alkyl or cyclic N) is 1. The number of aromatic nitrogens is 3. The highest BCUT2D eigenvalue weighted by Crippen LogP contribution is 2.34. The largest absolute Gasteiger partial charge is 0.490 e. The van der Waals surface area contributed by atoms with Crippen LogP contribution in [0.5, 0.6) is 0 Å². The van der Waals surface area contributed by atoms with Crippen molar-refractivity contribution in [2.24, 2.45) is 7.05 Å². The third-order valence-corrected chi connectivity index (χ3v) is 4.89. The number of hydrogen-bond donors (Lipinski definition) is 3. The SMILES string of the molecule is Cn1ccc(-c2cc(-c3ccc(F)cc3)ncc2C2CNCC2O)n1.O=C(O)C(F)(F)F. The van der Waals surface area contributed by atoms with Crippen molar-refractivity contribution in [2.75, 3.05) is 13.1 Å². The predicted molar refractivity (Wildman–Crippen MR) is 107 cm³/mol. The zero-order valence-electron chi connectivity index (χ0n) is 16.8. The van der Waals surface area contributed by atoms with Crippen molar-refractivity contribution in [1.29, 1.82) is 0 Å². The van der Waals surface area contributed by atoms with Crippen molar-refractivity contribution in [3.05, 3.63) is 60.2 Å². The lowest BCUT2D eigenvalue weighted by molar-refractivity contribution is -0.192. The number of aryl methyl sites for hydroxylation is 1. The van der Waals surface area contributed by atoms with Crippen LogP contribution in [-0.4, -0.2) is 56.3 Å². The second-order valence-corrected chi connectivity index (χ2v) is 7.17. The number of rotatable bonds is 3. The first kappa shape index (κ1) is 23.4. The molecule has 1 fully saturated rings. The number of carbonyl (C=O) groups is 1. The van der Waals surface area contributed by atoms with E-state index in [-0.39, 0.29) is 11.7 Å². The highest BCUT2D eigenvalue weighted by atomic mass is 19.4. The van der Waals surface area contributed by atoms with Crippen LogP contribution < -0.4 is 5.32 Å². The first-order chi connectivity index (χ1) is 15.1. The van der Waals surface area contributed by atoms with Gasteiger partial charge in [-0.2, -0.15) is 18.3 Å². The quantitative estimate of drug-likeness (QED) is 0.529. The van der Waals surface area contributed by atoms with Gasteiger partial charge in [-0.3, -0.25) is 9.67 Å². The summed E-state index contributed by atoms with van der Waals surface area (Å²) in [6.07, 6.45) is -1.83. The number of carboxylic acids is 1. The number of pyridine rings is 1. The summed E-state index contributed by atoms with van der Waals surface area (Å²) in [6.45, 7) is 1.28. The summed E-state index contributed by atoms with van der Waals surface area (Å²) < 4.78 is 46.7. The molecule has 4 rings (SSSR count). The Labute approximate surface area is 180 Å². The second kappa shape index (κ2) is 9.45. The molecule has 0 radical (unpaired) electrons. The summed E-state index contributed by atoms with van der Waals surface area (Å²) in [5.74, 6) is -3.05. The van der Waals surface area contributed by atoms with Crippen LogP contribution in [0.25, 0.3) is 22.5 Å². The third kappa shape index (κ3) is 5.48. The molecule has 1 saturated heterocycles. The lowest BCUT2D eigenvalue weighted by atomic mass is 9.91. The molecular weight excluding hydrogens is 432 g/mol. The van der Waals surface area contributed by atoms with Gasteiger partial charge in [0.1, 0.15) is 5.82 Å². The summed E-state index contributed by atoms with van der Waals surface area (Å²) in [5, 5.41) is 25.1. The van der Waals surface area contributed by atoms with Crippen LogP contribution in [0.3, 0.4) is 0 Å². The molecule has 11 heteroatoms. The van der Waals surface area contributed by atoms with Gasteiger partial charge in [0.25, 0.3) is 0 Å². The van der Waals surface area contributed by atoms with E-state index in [1.807, 2.05) is 31.6 Å². The Hall–Kier alpha value is -3.31. The van der Waals surface area contributed by atoms with Crippen molar-refractivity contribution in [1.82, 2.24) is 20.1 Å². The van der Waals surface area contributed by atoms with E-state index < -0.39 is 18.2 Å². The molecule has 1 aromatic carbocycles. The molecule has 32 heavy (non-hydrogen) atoms. The summed E-state index contributed by atoms with van der Waals surface area (Å²) in [6, 6.07) is 10.2. The Morgan fingerprint density at radius 1 is 1.16 bits per heavy atom. The highest BCUT2D eigenvalue weighted by Gasteiger charge is 2.38. The normalized spacial score (nSPS) is 18.2. The van der Waals surface area contributed by atoms with Gasteiger partial charge in [-0.25, -0.2) is 9.18 Å². The average Bonchev–Trinajstić information content (AvgIpc) is 3.36. The summed E-state index contributed by atoms with van der Waals surface area (Å²) in [4.78, 5) is 13.5. The molecule has 7 nitrogen and oxygen atoms in total. The fourth-order valence-corrected chi connectivity index (χ4v) is 3.30. The Balaban J connectivity index is 0.000000360. The standard InChI is InChI=1S/C19H19FN4O.C2HF3O2/c1-24-7-6-17(23-24)14-8-18(12-2-4-13(20)5-3-12)22-10-15(14)16-9-21-11-19(16)25;3-2(4,5)1(6)7/h2-8,10,16,19,21,25H,9,11H2,1H3;(H,6,7). The van der Waals surface area contributed by atoms with Crippen LogP contribution in [0, 0.1) is 5.82 Å². The molecule has 1 aliphatic rings. The summed E-state index contributed by atoms with van der Waals surface area (Å²) in [7, 11) is 1.87. The smallest absolute Gasteiger partial charge is 0.475 e. The third-order valence-electron chi connectivity index (χ3n) is 4.89. The zero-order valence-corrected chi connectivity index (χ0v) is 16.8. The number of halogens is 4. The molecule has 2 unspecified atom stereocenters. The number of aliphatic carboxylic acids is 1. The maximum atomic E-state index is 13.2. The van der Waals surface area contributed by atoms with Crippen molar-refractivity contribution in [2.45, 2.75) is 18.2 Å². The molecule has 3 heterocycles. The molecule has 3 N–H and O–H groups in total. The van der Waals surface area contributed by atoms with Gasteiger partial charge in [0, 0.05) is 49.6 Å². The van der Waals surface area contributed by atoms with Crippen molar-refractivity contribution in [3.63, 3.8) is 0 Å². The van der Waals surface area contributed by atoms with E-state index in [1.165, 1.54) is 12.1 Å². The number of carboxylic acid groups (broad SMARTS) is 1. The van der Waals surface area contributed by atoms with Crippen LogP contribution in [0.1, 0.15) is 11.5 Å². The van der Waals surface area contributed by atoms with Gasteiger partial charge in [0.15, 0.2) is 0 Å². The minimum Gasteiger partial charge on any atom is -0.475 e. The molecule has 0 saturated carbocycles. The van der Waals surface area contributed by atoms with E-state index in [0.29, 0.717) is 13.1 Å². The number of hydrogen-bond acceptors (Lipinski definition) is 5. The Morgan fingerprint density at radius 2 is 1.81 bits per heavy atom. The minimum atomic E-state index is -5.08. The minimum absolute atomic E-state index is 0.0215. The van der Waals surface area contributed by atoms with E-state index >= 15 is 0 Å². The predicted octanol–water partition coefficient (Wildman–Crippen LogP) is 2.97. The first-order valence-electron chi connectivity index (χ1n) is 9.51. The van der Waals surface area contributed by atoms with Crippen molar-refractivity contribution in [3.8, 4) is 22.5 Å². The maximum absolute atomic E-state index is 13.2. The number of alkyl halides is 3. The molecule has 0 spiro atoms. The van der Waals surface area contributed by atoms with E-state index in [4.69, 9.17) is 9.90 Å². The highest BCUT2D eigenvalue weighted by molar-refractivity contribution is 5.73. The van der Waals surface area contributed by atoms with Gasteiger partial charge < -0.3 is 15.5 Å². The molecule has 3 aromatic rings. The first-order valence-corrected chi connectivity index (χ1v) is 9.51. The zero-order chi connectivity index (χ0) is 23.5. The van der Waals surface area contributed by atoms with Gasteiger partial charge in [-0.1, -0.05) is 0 Å². The van der Waals surface area contributed by atoms with Crippen LogP contribution in [0.15, 0.2) is 48.8 Å². The fourth-order valence-electron chi connectivity index (χ4n) is 3.30. The van der Waals surface area contributed by atoms with Gasteiger partial charge in [-0.15, -0.1) is 0 Å². The average molecular weight is 452 g/mol. The number of aliphatic hydroxyl groups is 1.